The van der Waals surface area contributed by atoms with Crippen molar-refractivity contribution in [1.29, 1.82) is 0 Å². The molecule has 6 rings (SSSR count). The van der Waals surface area contributed by atoms with Gasteiger partial charge >= 0.3 is 0 Å². The fraction of sp³-hybridized carbons (Fsp3) is 0.417. The second-order valence-corrected chi connectivity index (χ2v) is 12.6. The number of likely N-dealkylation sites (N-methyl/N-ethyl adjacent to an activating group) is 1. The second kappa shape index (κ2) is 12.8. The van der Waals surface area contributed by atoms with Crippen LogP contribution in [-0.4, -0.2) is 102 Å². The number of para-hydroxylation sites is 1. The number of rotatable bonds is 7. The summed E-state index contributed by atoms with van der Waals surface area (Å²) >= 11 is 0. The minimum absolute atomic E-state index is 0.0127. The van der Waals surface area contributed by atoms with E-state index in [-0.39, 0.29) is 30.3 Å². The highest BCUT2D eigenvalue weighted by Gasteiger charge is 2.54. The number of carbonyl (C=O) groups excluding carboxylic acids is 3. The highest BCUT2D eigenvalue weighted by atomic mass is 16.2. The Hall–Kier alpha value is -4.17. The molecule has 8 heteroatoms. The molecule has 3 aliphatic heterocycles. The zero-order valence-electron chi connectivity index (χ0n) is 25.8. The Balaban J connectivity index is 1.21. The first-order chi connectivity index (χ1) is 21.4. The van der Waals surface area contributed by atoms with Crippen molar-refractivity contribution < 1.29 is 14.4 Å². The van der Waals surface area contributed by atoms with Crippen LogP contribution in [0.1, 0.15) is 42.7 Å². The predicted molar refractivity (Wildman–Crippen MR) is 172 cm³/mol. The standard InChI is InChI=1S/C36H43N5O3/c1-37-22-18-30(19-23-37)38(2)32(42)26-40-27-41(31-16-10-5-11-17-31)36(35(40)44)20-24-39(25-21-36)34(43)33(28-12-6-3-7-13-28)29-14-8-4-9-15-29/h3-17,30,33H,18-27H2,1-2H3. The molecule has 1 spiro atoms. The molecule has 230 valence electrons. The van der Waals surface area contributed by atoms with Gasteiger partial charge in [-0.05, 0) is 69.1 Å². The van der Waals surface area contributed by atoms with Crippen LogP contribution in [0.2, 0.25) is 0 Å². The highest BCUT2D eigenvalue weighted by Crippen LogP contribution is 2.40. The van der Waals surface area contributed by atoms with E-state index in [4.69, 9.17) is 0 Å². The first kappa shape index (κ1) is 29.9. The lowest BCUT2D eigenvalue weighted by molar-refractivity contribution is -0.142. The van der Waals surface area contributed by atoms with Crippen molar-refractivity contribution in [3.8, 4) is 0 Å². The molecule has 0 atom stereocenters. The van der Waals surface area contributed by atoms with Gasteiger partial charge in [-0.25, -0.2) is 0 Å². The van der Waals surface area contributed by atoms with Crippen LogP contribution in [0.5, 0.6) is 0 Å². The summed E-state index contributed by atoms with van der Waals surface area (Å²) in [5, 5.41) is 0. The highest BCUT2D eigenvalue weighted by molar-refractivity contribution is 5.96. The molecule has 3 aromatic carbocycles. The molecule has 3 fully saturated rings. The Kier molecular flexibility index (Phi) is 8.71. The average molecular weight is 594 g/mol. The summed E-state index contributed by atoms with van der Waals surface area (Å²) in [5.74, 6) is -0.374. The molecule has 3 aromatic rings. The maximum Gasteiger partial charge on any atom is 0.250 e. The van der Waals surface area contributed by atoms with Gasteiger partial charge in [-0.15, -0.1) is 0 Å². The normalized spacial score (nSPS) is 19.2. The third-order valence-electron chi connectivity index (χ3n) is 9.95. The van der Waals surface area contributed by atoms with E-state index in [9.17, 15) is 14.4 Å². The maximum absolute atomic E-state index is 14.3. The molecule has 0 N–H and O–H groups in total. The van der Waals surface area contributed by atoms with Gasteiger partial charge in [0.1, 0.15) is 12.1 Å². The second-order valence-electron chi connectivity index (χ2n) is 12.6. The van der Waals surface area contributed by atoms with Crippen molar-refractivity contribution in [2.24, 2.45) is 0 Å². The van der Waals surface area contributed by atoms with E-state index >= 15 is 0 Å². The third-order valence-corrected chi connectivity index (χ3v) is 9.95. The average Bonchev–Trinajstić information content (AvgIpc) is 3.32. The summed E-state index contributed by atoms with van der Waals surface area (Å²) < 4.78 is 0. The molecule has 3 saturated heterocycles. The van der Waals surface area contributed by atoms with E-state index in [1.54, 1.807) is 4.90 Å². The van der Waals surface area contributed by atoms with Crippen molar-refractivity contribution in [3.05, 3.63) is 102 Å². The zero-order valence-corrected chi connectivity index (χ0v) is 25.8. The van der Waals surface area contributed by atoms with Crippen molar-refractivity contribution in [2.75, 3.05) is 58.4 Å². The Morgan fingerprint density at radius 1 is 0.818 bits per heavy atom. The molecule has 3 heterocycles. The number of likely N-dealkylation sites (tertiary alicyclic amines) is 2. The monoisotopic (exact) mass is 593 g/mol. The van der Waals surface area contributed by atoms with E-state index in [1.165, 1.54) is 0 Å². The number of amides is 3. The Bertz CT molecular complexity index is 1390. The number of anilines is 1. The van der Waals surface area contributed by atoms with Crippen LogP contribution in [0.3, 0.4) is 0 Å². The maximum atomic E-state index is 14.3. The number of piperidine rings is 2. The molecule has 3 aliphatic rings. The van der Waals surface area contributed by atoms with Gasteiger partial charge in [-0.3, -0.25) is 14.4 Å². The fourth-order valence-electron chi connectivity index (χ4n) is 7.23. The summed E-state index contributed by atoms with van der Waals surface area (Å²) in [6, 6.07) is 30.1. The lowest BCUT2D eigenvalue weighted by Crippen LogP contribution is -2.58. The zero-order chi connectivity index (χ0) is 30.7. The van der Waals surface area contributed by atoms with E-state index in [0.717, 1.165) is 42.7 Å². The van der Waals surface area contributed by atoms with Crippen molar-refractivity contribution in [3.63, 3.8) is 0 Å². The van der Waals surface area contributed by atoms with Gasteiger partial charge < -0.3 is 24.5 Å². The summed E-state index contributed by atoms with van der Waals surface area (Å²) in [6.45, 7) is 3.32. The third kappa shape index (κ3) is 5.83. The lowest BCUT2D eigenvalue weighted by Gasteiger charge is -2.44. The summed E-state index contributed by atoms with van der Waals surface area (Å²) in [5.41, 5.74) is 2.10. The molecular formula is C36H43N5O3. The molecule has 0 aliphatic carbocycles. The number of nitrogens with zero attached hydrogens (tertiary/aromatic N) is 5. The molecule has 0 aromatic heterocycles. The summed E-state index contributed by atoms with van der Waals surface area (Å²) in [6.07, 6.45) is 2.92. The Labute approximate surface area is 260 Å². The predicted octanol–water partition coefficient (Wildman–Crippen LogP) is 4.04. The molecule has 0 bridgehead atoms. The van der Waals surface area contributed by atoms with Crippen LogP contribution in [0.4, 0.5) is 5.69 Å². The number of hydrogen-bond acceptors (Lipinski definition) is 5. The van der Waals surface area contributed by atoms with Crippen LogP contribution >= 0.6 is 0 Å². The van der Waals surface area contributed by atoms with Crippen LogP contribution in [0.25, 0.3) is 0 Å². The SMILES string of the molecule is CN1CCC(N(C)C(=O)CN2CN(c3ccccc3)C3(CCN(C(=O)C(c4ccccc4)c4ccccc4)CC3)C2=O)CC1. The van der Waals surface area contributed by atoms with Gasteiger partial charge in [0.25, 0.3) is 5.91 Å². The van der Waals surface area contributed by atoms with Gasteiger partial charge in [-0.1, -0.05) is 78.9 Å². The first-order valence-electron chi connectivity index (χ1n) is 15.8. The quantitative estimate of drug-likeness (QED) is 0.414. The van der Waals surface area contributed by atoms with Crippen LogP contribution in [0, 0.1) is 0 Å². The van der Waals surface area contributed by atoms with E-state index in [2.05, 4.69) is 16.8 Å². The van der Waals surface area contributed by atoms with Crippen LogP contribution in [-0.2, 0) is 14.4 Å². The van der Waals surface area contributed by atoms with Gasteiger partial charge in [0, 0.05) is 31.9 Å². The molecule has 0 unspecified atom stereocenters. The number of hydrogen-bond donors (Lipinski definition) is 0. The Morgan fingerprint density at radius 3 is 1.89 bits per heavy atom. The van der Waals surface area contributed by atoms with Crippen LogP contribution < -0.4 is 4.90 Å². The van der Waals surface area contributed by atoms with Gasteiger partial charge in [0.05, 0.1) is 12.6 Å². The van der Waals surface area contributed by atoms with Gasteiger partial charge in [-0.2, -0.15) is 0 Å². The summed E-state index contributed by atoms with van der Waals surface area (Å²) in [4.78, 5) is 51.9. The Morgan fingerprint density at radius 2 is 1.34 bits per heavy atom. The smallest absolute Gasteiger partial charge is 0.250 e. The van der Waals surface area contributed by atoms with Gasteiger partial charge in [0.15, 0.2) is 0 Å². The fourth-order valence-corrected chi connectivity index (χ4v) is 7.23. The molecule has 0 radical (unpaired) electrons. The van der Waals surface area contributed by atoms with E-state index in [0.29, 0.717) is 32.6 Å². The van der Waals surface area contributed by atoms with Crippen molar-refractivity contribution >= 4 is 23.4 Å². The molecule has 0 saturated carbocycles. The van der Waals surface area contributed by atoms with E-state index < -0.39 is 11.5 Å². The van der Waals surface area contributed by atoms with Crippen molar-refractivity contribution in [2.45, 2.75) is 43.2 Å². The van der Waals surface area contributed by atoms with E-state index in [1.807, 2.05) is 108 Å². The van der Waals surface area contributed by atoms with Gasteiger partial charge in [0.2, 0.25) is 11.8 Å². The number of benzene rings is 3. The molecule has 8 nitrogen and oxygen atoms in total. The minimum atomic E-state index is -0.792. The number of carbonyl (C=O) groups is 3. The van der Waals surface area contributed by atoms with Crippen LogP contribution in [0.15, 0.2) is 91.0 Å². The topological polar surface area (TPSA) is 67.4 Å². The molecule has 44 heavy (non-hydrogen) atoms. The molecular weight excluding hydrogens is 550 g/mol. The minimum Gasteiger partial charge on any atom is -0.342 e. The largest absolute Gasteiger partial charge is 0.342 e. The van der Waals surface area contributed by atoms with Crippen molar-refractivity contribution in [1.82, 2.24) is 19.6 Å². The summed E-state index contributed by atoms with van der Waals surface area (Å²) in [7, 11) is 3.99. The molecule has 3 amide bonds. The lowest BCUT2D eigenvalue weighted by atomic mass is 9.83. The first-order valence-corrected chi connectivity index (χ1v) is 15.8.